The molecular weight excluding hydrogens is 341 g/mol. The van der Waals surface area contributed by atoms with Crippen LogP contribution in [0.1, 0.15) is 28.9 Å². The van der Waals surface area contributed by atoms with Gasteiger partial charge >= 0.3 is 0 Å². The molecule has 0 aliphatic carbocycles. The highest BCUT2D eigenvalue weighted by Gasteiger charge is 2.42. The quantitative estimate of drug-likeness (QED) is 0.706. The second-order valence-electron chi connectivity index (χ2n) is 7.26. The third-order valence-electron chi connectivity index (χ3n) is 5.79. The van der Waals surface area contributed by atoms with Crippen LogP contribution in [0.4, 0.5) is 10.1 Å². The highest BCUT2D eigenvalue weighted by molar-refractivity contribution is 5.94. The van der Waals surface area contributed by atoms with Gasteiger partial charge in [0.05, 0.1) is 22.5 Å². The molecule has 1 spiro atoms. The third-order valence-corrected chi connectivity index (χ3v) is 5.79. The Kier molecular flexibility index (Phi) is 3.57. The van der Waals surface area contributed by atoms with Crippen molar-refractivity contribution in [2.75, 3.05) is 18.4 Å². The van der Waals surface area contributed by atoms with E-state index in [0.29, 0.717) is 13.1 Å². The van der Waals surface area contributed by atoms with Gasteiger partial charge in [0.15, 0.2) is 0 Å². The number of amides is 1. The van der Waals surface area contributed by atoms with E-state index in [-0.39, 0.29) is 17.0 Å². The van der Waals surface area contributed by atoms with Crippen LogP contribution in [-0.2, 0) is 5.54 Å². The van der Waals surface area contributed by atoms with Gasteiger partial charge in [-0.05, 0) is 49.2 Å². The number of hydrogen-bond donors (Lipinski definition) is 1. The fraction of sp³-hybridized carbons (Fsp3) is 0.227. The van der Waals surface area contributed by atoms with Gasteiger partial charge in [0.2, 0.25) is 0 Å². The van der Waals surface area contributed by atoms with Crippen LogP contribution < -0.4 is 5.32 Å². The molecule has 1 fully saturated rings. The van der Waals surface area contributed by atoms with Crippen LogP contribution in [0, 0.1) is 5.82 Å². The van der Waals surface area contributed by atoms with Crippen molar-refractivity contribution in [3.8, 4) is 5.69 Å². The summed E-state index contributed by atoms with van der Waals surface area (Å²) in [6.07, 6.45) is 3.66. The molecule has 2 aliphatic heterocycles. The maximum atomic E-state index is 14.0. The molecule has 1 amide bonds. The molecule has 0 bridgehead atoms. The van der Waals surface area contributed by atoms with Gasteiger partial charge in [0.25, 0.3) is 5.91 Å². The summed E-state index contributed by atoms with van der Waals surface area (Å²) in [5.41, 5.74) is 3.42. The largest absolute Gasteiger partial charge is 0.372 e. The average Bonchev–Trinajstić information content (AvgIpc) is 3.20. The fourth-order valence-corrected chi connectivity index (χ4v) is 4.37. The van der Waals surface area contributed by atoms with E-state index in [1.807, 2.05) is 12.1 Å². The molecule has 4 nitrogen and oxygen atoms in total. The van der Waals surface area contributed by atoms with Crippen molar-refractivity contribution in [1.82, 2.24) is 9.47 Å². The number of hydrogen-bond acceptors (Lipinski definition) is 2. The fourth-order valence-electron chi connectivity index (χ4n) is 4.37. The molecule has 1 saturated heterocycles. The van der Waals surface area contributed by atoms with Gasteiger partial charge in [-0.1, -0.05) is 24.3 Å². The first-order valence-electron chi connectivity index (χ1n) is 9.27. The van der Waals surface area contributed by atoms with Crippen LogP contribution in [0.5, 0.6) is 0 Å². The van der Waals surface area contributed by atoms with Gasteiger partial charge in [-0.25, -0.2) is 4.39 Å². The number of fused-ring (bicyclic) bond motifs is 4. The summed E-state index contributed by atoms with van der Waals surface area (Å²) < 4.78 is 16.2. The molecule has 3 heterocycles. The normalized spacial score (nSPS) is 17.1. The van der Waals surface area contributed by atoms with Crippen molar-refractivity contribution in [2.24, 2.45) is 0 Å². The van der Waals surface area contributed by atoms with Crippen molar-refractivity contribution in [2.45, 2.75) is 18.4 Å². The minimum absolute atomic E-state index is 0.152. The summed E-state index contributed by atoms with van der Waals surface area (Å²) in [5.74, 6) is -0.684. The van der Waals surface area contributed by atoms with E-state index in [4.69, 9.17) is 0 Å². The number of nitrogens with one attached hydrogen (secondary N) is 1. The molecule has 3 aromatic rings. The van der Waals surface area contributed by atoms with Crippen LogP contribution >= 0.6 is 0 Å². The van der Waals surface area contributed by atoms with E-state index in [2.05, 4.69) is 40.3 Å². The lowest BCUT2D eigenvalue weighted by molar-refractivity contribution is 0.0672. The maximum absolute atomic E-state index is 14.0. The summed E-state index contributed by atoms with van der Waals surface area (Å²) >= 11 is 0. The molecular formula is C22H20FN3O. The Morgan fingerprint density at radius 3 is 2.52 bits per heavy atom. The number of anilines is 1. The Morgan fingerprint density at radius 1 is 0.963 bits per heavy atom. The maximum Gasteiger partial charge on any atom is 0.256 e. The van der Waals surface area contributed by atoms with Gasteiger partial charge in [-0.3, -0.25) is 4.79 Å². The summed E-state index contributed by atoms with van der Waals surface area (Å²) in [6, 6.07) is 18.7. The molecule has 2 aliphatic rings. The predicted octanol–water partition coefficient (Wildman–Crippen LogP) is 4.17. The number of halogens is 1. The first-order chi connectivity index (χ1) is 13.2. The van der Waals surface area contributed by atoms with E-state index >= 15 is 0 Å². The molecule has 1 N–H and O–H groups in total. The molecule has 0 atom stereocenters. The molecule has 1 aromatic heterocycles. The second-order valence-corrected chi connectivity index (χ2v) is 7.26. The lowest BCUT2D eigenvalue weighted by atomic mass is 9.82. The van der Waals surface area contributed by atoms with Crippen molar-refractivity contribution < 1.29 is 9.18 Å². The molecule has 27 heavy (non-hydrogen) atoms. The third kappa shape index (κ3) is 2.46. The number of nitrogens with zero attached hydrogens (tertiary/aromatic N) is 2. The monoisotopic (exact) mass is 361 g/mol. The predicted molar refractivity (Wildman–Crippen MR) is 103 cm³/mol. The van der Waals surface area contributed by atoms with E-state index in [0.717, 1.165) is 24.2 Å². The summed E-state index contributed by atoms with van der Waals surface area (Å²) in [5, 5.41) is 3.73. The van der Waals surface area contributed by atoms with Crippen LogP contribution in [0.15, 0.2) is 66.9 Å². The highest BCUT2D eigenvalue weighted by atomic mass is 19.1. The number of rotatable bonds is 1. The lowest BCUT2D eigenvalue weighted by Crippen LogP contribution is -2.51. The molecule has 0 saturated carbocycles. The van der Waals surface area contributed by atoms with E-state index < -0.39 is 5.82 Å². The van der Waals surface area contributed by atoms with Crippen LogP contribution in [0.25, 0.3) is 5.69 Å². The van der Waals surface area contributed by atoms with Gasteiger partial charge in [-0.15, -0.1) is 0 Å². The number of aromatic nitrogens is 1. The zero-order valence-electron chi connectivity index (χ0n) is 14.9. The number of para-hydroxylation sites is 2. The molecule has 2 aromatic carbocycles. The van der Waals surface area contributed by atoms with Gasteiger partial charge in [0, 0.05) is 25.0 Å². The van der Waals surface area contributed by atoms with Crippen molar-refractivity contribution in [3.63, 3.8) is 0 Å². The first kappa shape index (κ1) is 16.1. The number of carbonyl (C=O) groups excluding carboxylic acids is 1. The van der Waals surface area contributed by atoms with Crippen molar-refractivity contribution in [1.29, 1.82) is 0 Å². The van der Waals surface area contributed by atoms with E-state index in [1.54, 1.807) is 23.1 Å². The summed E-state index contributed by atoms with van der Waals surface area (Å²) in [7, 11) is 0. The second kappa shape index (κ2) is 5.98. The molecule has 5 rings (SSSR count). The number of carbonyl (C=O) groups is 1. The zero-order chi connectivity index (χ0) is 18.4. The Bertz CT molecular complexity index is 1020. The van der Waals surface area contributed by atoms with Crippen molar-refractivity contribution >= 4 is 11.6 Å². The van der Waals surface area contributed by atoms with Gasteiger partial charge in [-0.2, -0.15) is 0 Å². The average molecular weight is 361 g/mol. The standard InChI is InChI=1S/C22H20FN3O/c23-17-7-2-1-6-16(17)21(27)25-14-11-22(12-15-25)20-10-5-13-26(20)19-9-4-3-8-18(19)24-22/h1-10,13,24H,11-12,14-15H2. The van der Waals surface area contributed by atoms with Crippen LogP contribution in [-0.4, -0.2) is 28.5 Å². The van der Waals surface area contributed by atoms with Crippen LogP contribution in [0.2, 0.25) is 0 Å². The number of piperidine rings is 1. The molecule has 0 radical (unpaired) electrons. The Hall–Kier alpha value is -3.08. The molecule has 0 unspecified atom stereocenters. The van der Waals surface area contributed by atoms with Gasteiger partial charge < -0.3 is 14.8 Å². The minimum atomic E-state index is -0.457. The Morgan fingerprint density at radius 2 is 1.70 bits per heavy atom. The minimum Gasteiger partial charge on any atom is -0.372 e. The highest BCUT2D eigenvalue weighted by Crippen LogP contribution is 2.43. The van der Waals surface area contributed by atoms with E-state index in [1.165, 1.54) is 11.8 Å². The summed E-state index contributed by atoms with van der Waals surface area (Å²) in [6.45, 7) is 1.18. The summed E-state index contributed by atoms with van der Waals surface area (Å²) in [4.78, 5) is 14.5. The Labute approximate surface area is 157 Å². The van der Waals surface area contributed by atoms with E-state index in [9.17, 15) is 9.18 Å². The zero-order valence-corrected chi connectivity index (χ0v) is 14.9. The number of benzene rings is 2. The first-order valence-corrected chi connectivity index (χ1v) is 9.27. The number of likely N-dealkylation sites (tertiary alicyclic amines) is 1. The topological polar surface area (TPSA) is 37.3 Å². The lowest BCUT2D eigenvalue weighted by Gasteiger charge is -2.46. The van der Waals surface area contributed by atoms with Gasteiger partial charge in [0.1, 0.15) is 5.82 Å². The van der Waals surface area contributed by atoms with Crippen LogP contribution in [0.3, 0.4) is 0 Å². The molecule has 136 valence electrons. The SMILES string of the molecule is O=C(c1ccccc1F)N1CCC2(CC1)Nc1ccccc1-n1cccc12. The molecule has 5 heteroatoms. The Balaban J connectivity index is 1.42. The smallest absolute Gasteiger partial charge is 0.256 e. The van der Waals surface area contributed by atoms with Crippen molar-refractivity contribution in [3.05, 3.63) is 83.9 Å².